The number of likely N-dealkylation sites (tertiary alicyclic amines) is 1. The predicted molar refractivity (Wildman–Crippen MR) is 82.0 cm³/mol. The molecule has 20 heavy (non-hydrogen) atoms. The van der Waals surface area contributed by atoms with E-state index < -0.39 is 0 Å². The molecule has 0 spiro atoms. The van der Waals surface area contributed by atoms with Crippen LogP contribution in [-0.2, 0) is 4.74 Å². The van der Waals surface area contributed by atoms with Gasteiger partial charge in [0.05, 0.1) is 19.8 Å². The number of benzene rings is 1. The summed E-state index contributed by atoms with van der Waals surface area (Å²) in [6, 6.07) is 11.5. The van der Waals surface area contributed by atoms with Crippen molar-refractivity contribution in [1.82, 2.24) is 4.90 Å². The zero-order valence-corrected chi connectivity index (χ0v) is 12.5. The Kier molecular flexibility index (Phi) is 6.51. The number of nitrogens with zero attached hydrogens (tertiary/aromatic N) is 1. The summed E-state index contributed by atoms with van der Waals surface area (Å²) in [5, 5.41) is 8.75. The van der Waals surface area contributed by atoms with Crippen molar-refractivity contribution in [2.45, 2.75) is 38.1 Å². The van der Waals surface area contributed by atoms with E-state index in [-0.39, 0.29) is 6.61 Å². The third-order valence-corrected chi connectivity index (χ3v) is 4.30. The van der Waals surface area contributed by atoms with Gasteiger partial charge >= 0.3 is 0 Å². The standard InChI is InChI=1S/C17H27NO2/c1-2-16(15-7-4-3-5-8-15)17-9-6-10-18(17)11-13-20-14-12-19/h3-5,7-8,16-17,19H,2,6,9-14H2,1H3. The molecule has 0 aromatic heterocycles. The topological polar surface area (TPSA) is 32.7 Å². The Morgan fingerprint density at radius 3 is 2.80 bits per heavy atom. The molecule has 1 heterocycles. The van der Waals surface area contributed by atoms with Gasteiger partial charge in [-0.05, 0) is 37.3 Å². The summed E-state index contributed by atoms with van der Waals surface area (Å²) in [7, 11) is 0. The van der Waals surface area contributed by atoms with E-state index >= 15 is 0 Å². The van der Waals surface area contributed by atoms with Crippen molar-refractivity contribution < 1.29 is 9.84 Å². The van der Waals surface area contributed by atoms with E-state index in [1.807, 2.05) is 0 Å². The van der Waals surface area contributed by atoms with Gasteiger partial charge in [0.1, 0.15) is 0 Å². The predicted octanol–water partition coefficient (Wildman–Crippen LogP) is 2.65. The molecule has 3 heteroatoms. The lowest BCUT2D eigenvalue weighted by molar-refractivity contribution is 0.0681. The van der Waals surface area contributed by atoms with Crippen LogP contribution in [0.1, 0.15) is 37.7 Å². The van der Waals surface area contributed by atoms with Gasteiger partial charge in [-0.15, -0.1) is 0 Å². The lowest BCUT2D eigenvalue weighted by Gasteiger charge is -2.31. The first-order valence-corrected chi connectivity index (χ1v) is 7.84. The molecule has 1 fully saturated rings. The van der Waals surface area contributed by atoms with Crippen LogP contribution in [0.3, 0.4) is 0 Å². The molecular weight excluding hydrogens is 250 g/mol. The van der Waals surface area contributed by atoms with Crippen LogP contribution in [0.2, 0.25) is 0 Å². The molecule has 0 radical (unpaired) electrons. The van der Waals surface area contributed by atoms with Crippen LogP contribution in [0.15, 0.2) is 30.3 Å². The van der Waals surface area contributed by atoms with Gasteiger partial charge < -0.3 is 9.84 Å². The van der Waals surface area contributed by atoms with Gasteiger partial charge in [0.15, 0.2) is 0 Å². The van der Waals surface area contributed by atoms with Gasteiger partial charge in [0, 0.05) is 12.6 Å². The molecule has 0 amide bonds. The van der Waals surface area contributed by atoms with E-state index in [0.717, 1.165) is 13.2 Å². The smallest absolute Gasteiger partial charge is 0.0698 e. The molecule has 1 saturated heterocycles. The molecule has 1 aromatic carbocycles. The van der Waals surface area contributed by atoms with Crippen molar-refractivity contribution in [3.05, 3.63) is 35.9 Å². The Bertz CT molecular complexity index is 369. The Morgan fingerprint density at radius 2 is 2.10 bits per heavy atom. The fourth-order valence-corrected chi connectivity index (χ4v) is 3.36. The first-order chi connectivity index (χ1) is 9.86. The van der Waals surface area contributed by atoms with Crippen molar-refractivity contribution >= 4 is 0 Å². The number of rotatable bonds is 8. The minimum atomic E-state index is 0.116. The fourth-order valence-electron chi connectivity index (χ4n) is 3.36. The highest BCUT2D eigenvalue weighted by Crippen LogP contribution is 2.33. The van der Waals surface area contributed by atoms with Crippen LogP contribution in [-0.4, -0.2) is 49.0 Å². The van der Waals surface area contributed by atoms with E-state index in [9.17, 15) is 0 Å². The van der Waals surface area contributed by atoms with Crippen LogP contribution in [0.4, 0.5) is 0 Å². The maximum atomic E-state index is 8.75. The summed E-state index contributed by atoms with van der Waals surface area (Å²) in [5.41, 5.74) is 1.46. The molecular formula is C17H27NO2. The zero-order valence-electron chi connectivity index (χ0n) is 12.5. The van der Waals surface area contributed by atoms with Gasteiger partial charge in [-0.2, -0.15) is 0 Å². The second-order valence-electron chi connectivity index (χ2n) is 5.51. The zero-order chi connectivity index (χ0) is 14.2. The Labute approximate surface area is 122 Å². The summed E-state index contributed by atoms with van der Waals surface area (Å²) >= 11 is 0. The second-order valence-corrected chi connectivity index (χ2v) is 5.51. The van der Waals surface area contributed by atoms with Gasteiger partial charge in [-0.1, -0.05) is 37.3 Å². The molecule has 1 aliphatic heterocycles. The fraction of sp³-hybridized carbons (Fsp3) is 0.647. The lowest BCUT2D eigenvalue weighted by Crippen LogP contribution is -2.36. The van der Waals surface area contributed by atoms with E-state index in [1.165, 1.54) is 31.4 Å². The number of aliphatic hydroxyl groups is 1. The molecule has 0 saturated carbocycles. The molecule has 0 aliphatic carbocycles. The first-order valence-electron chi connectivity index (χ1n) is 7.84. The SMILES string of the molecule is CCC(c1ccccc1)C1CCCN1CCOCCO. The number of ether oxygens (including phenoxy) is 1. The third kappa shape index (κ3) is 4.05. The Morgan fingerprint density at radius 1 is 1.30 bits per heavy atom. The molecule has 112 valence electrons. The highest BCUT2D eigenvalue weighted by Gasteiger charge is 2.31. The van der Waals surface area contributed by atoms with E-state index in [0.29, 0.717) is 18.6 Å². The minimum absolute atomic E-state index is 0.116. The molecule has 1 aliphatic rings. The van der Waals surface area contributed by atoms with Crippen LogP contribution >= 0.6 is 0 Å². The number of hydrogen-bond acceptors (Lipinski definition) is 3. The van der Waals surface area contributed by atoms with Crippen LogP contribution in [0.25, 0.3) is 0 Å². The quantitative estimate of drug-likeness (QED) is 0.742. The molecule has 1 aromatic rings. The van der Waals surface area contributed by atoms with Crippen molar-refractivity contribution in [1.29, 1.82) is 0 Å². The summed E-state index contributed by atoms with van der Waals surface area (Å²) in [6.07, 6.45) is 3.75. The summed E-state index contributed by atoms with van der Waals surface area (Å²) < 4.78 is 5.42. The van der Waals surface area contributed by atoms with Gasteiger partial charge in [0.25, 0.3) is 0 Å². The normalized spacial score (nSPS) is 21.2. The Hall–Kier alpha value is -0.900. The molecule has 0 bridgehead atoms. The average molecular weight is 277 g/mol. The van der Waals surface area contributed by atoms with Crippen LogP contribution < -0.4 is 0 Å². The van der Waals surface area contributed by atoms with E-state index in [1.54, 1.807) is 0 Å². The summed E-state index contributed by atoms with van der Waals surface area (Å²) in [5.74, 6) is 0.622. The van der Waals surface area contributed by atoms with E-state index in [4.69, 9.17) is 9.84 Å². The number of aliphatic hydroxyl groups excluding tert-OH is 1. The minimum Gasteiger partial charge on any atom is -0.394 e. The van der Waals surface area contributed by atoms with Crippen molar-refractivity contribution in [3.8, 4) is 0 Å². The maximum Gasteiger partial charge on any atom is 0.0698 e. The van der Waals surface area contributed by atoms with Gasteiger partial charge in [-0.25, -0.2) is 0 Å². The molecule has 2 unspecified atom stereocenters. The molecule has 1 N–H and O–H groups in total. The van der Waals surface area contributed by atoms with Crippen molar-refractivity contribution in [2.24, 2.45) is 0 Å². The monoisotopic (exact) mass is 277 g/mol. The Balaban J connectivity index is 1.94. The van der Waals surface area contributed by atoms with Crippen molar-refractivity contribution in [3.63, 3.8) is 0 Å². The average Bonchev–Trinajstić information content (AvgIpc) is 2.94. The highest BCUT2D eigenvalue weighted by atomic mass is 16.5. The van der Waals surface area contributed by atoms with Crippen LogP contribution in [0.5, 0.6) is 0 Å². The summed E-state index contributed by atoms with van der Waals surface area (Å²) in [6.45, 7) is 5.74. The van der Waals surface area contributed by atoms with Gasteiger partial charge in [0.2, 0.25) is 0 Å². The van der Waals surface area contributed by atoms with Gasteiger partial charge in [-0.3, -0.25) is 4.90 Å². The molecule has 2 atom stereocenters. The maximum absolute atomic E-state index is 8.75. The highest BCUT2D eigenvalue weighted by molar-refractivity contribution is 5.21. The molecule has 3 nitrogen and oxygen atoms in total. The lowest BCUT2D eigenvalue weighted by atomic mass is 9.88. The van der Waals surface area contributed by atoms with Crippen molar-refractivity contribution in [2.75, 3.05) is 32.9 Å². The van der Waals surface area contributed by atoms with E-state index in [2.05, 4.69) is 42.2 Å². The summed E-state index contributed by atoms with van der Waals surface area (Å²) in [4.78, 5) is 2.57. The second kappa shape index (κ2) is 8.40. The number of hydrogen-bond donors (Lipinski definition) is 1. The molecule has 2 rings (SSSR count). The third-order valence-electron chi connectivity index (χ3n) is 4.30. The first kappa shape index (κ1) is 15.5. The van der Waals surface area contributed by atoms with Crippen LogP contribution in [0, 0.1) is 0 Å². The largest absolute Gasteiger partial charge is 0.394 e.